The Hall–Kier alpha value is -1.56. The van der Waals surface area contributed by atoms with E-state index >= 15 is 0 Å². The number of rotatable bonds is 4. The number of sulfone groups is 1. The average molecular weight is 257 g/mol. The summed E-state index contributed by atoms with van der Waals surface area (Å²) in [5.74, 6) is -1.45. The van der Waals surface area contributed by atoms with Gasteiger partial charge in [-0.05, 0) is 24.1 Å². The first-order valence-corrected chi connectivity index (χ1v) is 6.75. The van der Waals surface area contributed by atoms with Crippen molar-refractivity contribution in [1.29, 1.82) is 0 Å². The Morgan fingerprint density at radius 1 is 1.41 bits per heavy atom. The Labute approximate surface area is 100 Å². The number of nitrogens with two attached hydrogens (primary N) is 1. The van der Waals surface area contributed by atoms with Crippen molar-refractivity contribution in [3.05, 3.63) is 23.8 Å². The van der Waals surface area contributed by atoms with Crippen LogP contribution in [0.1, 0.15) is 24.2 Å². The number of carbonyl (C=O) groups is 1. The van der Waals surface area contributed by atoms with Gasteiger partial charge < -0.3 is 10.8 Å². The molecule has 0 aliphatic rings. The van der Waals surface area contributed by atoms with Crippen LogP contribution in [-0.2, 0) is 9.84 Å². The van der Waals surface area contributed by atoms with E-state index in [0.29, 0.717) is 0 Å². The fourth-order valence-corrected chi connectivity index (χ4v) is 3.36. The van der Waals surface area contributed by atoms with Gasteiger partial charge in [-0.15, -0.1) is 0 Å². The number of carboxylic acid groups (broad SMARTS) is 1. The minimum Gasteiger partial charge on any atom is -0.478 e. The molecule has 1 rings (SSSR count). The highest BCUT2D eigenvalue weighted by Crippen LogP contribution is 2.22. The molecule has 0 aliphatic heterocycles. The normalized spacial score (nSPS) is 11.7. The lowest BCUT2D eigenvalue weighted by Crippen LogP contribution is -2.16. The molecule has 1 aromatic rings. The van der Waals surface area contributed by atoms with E-state index in [9.17, 15) is 13.2 Å². The Bertz CT molecular complexity index is 534. The predicted molar refractivity (Wildman–Crippen MR) is 64.7 cm³/mol. The fraction of sp³-hybridized carbons (Fsp3) is 0.364. The number of carboxylic acids is 1. The summed E-state index contributed by atoms with van der Waals surface area (Å²) in [6, 6.07) is 3.78. The molecule has 5 nitrogen and oxygen atoms in total. The molecule has 0 amide bonds. The van der Waals surface area contributed by atoms with Crippen LogP contribution in [0.2, 0.25) is 0 Å². The quantitative estimate of drug-likeness (QED) is 0.794. The van der Waals surface area contributed by atoms with Crippen LogP contribution in [0.15, 0.2) is 23.1 Å². The van der Waals surface area contributed by atoms with E-state index in [1.165, 1.54) is 18.2 Å². The van der Waals surface area contributed by atoms with E-state index in [1.54, 1.807) is 13.8 Å². The van der Waals surface area contributed by atoms with Gasteiger partial charge in [-0.2, -0.15) is 0 Å². The van der Waals surface area contributed by atoms with E-state index < -0.39 is 15.8 Å². The molecule has 0 aliphatic carbocycles. The molecule has 94 valence electrons. The maximum Gasteiger partial charge on any atom is 0.337 e. The first-order chi connectivity index (χ1) is 7.74. The third kappa shape index (κ3) is 3.20. The van der Waals surface area contributed by atoms with Gasteiger partial charge in [0.25, 0.3) is 0 Å². The number of nitrogen functional groups attached to an aromatic ring is 1. The fourth-order valence-electron chi connectivity index (χ4n) is 1.50. The summed E-state index contributed by atoms with van der Waals surface area (Å²) in [4.78, 5) is 10.8. The van der Waals surface area contributed by atoms with E-state index in [4.69, 9.17) is 10.8 Å². The molecule has 0 saturated carbocycles. The topological polar surface area (TPSA) is 97.5 Å². The monoisotopic (exact) mass is 257 g/mol. The Balaban J connectivity index is 3.38. The molecule has 0 unspecified atom stereocenters. The number of hydrogen-bond donors (Lipinski definition) is 2. The highest BCUT2D eigenvalue weighted by molar-refractivity contribution is 7.91. The van der Waals surface area contributed by atoms with Crippen LogP contribution in [-0.4, -0.2) is 25.2 Å². The molecule has 0 aromatic heterocycles. The van der Waals surface area contributed by atoms with E-state index in [2.05, 4.69) is 0 Å². The predicted octanol–water partition coefficient (Wildman–Crippen LogP) is 1.40. The molecule has 0 atom stereocenters. The maximum atomic E-state index is 12.0. The molecule has 3 N–H and O–H groups in total. The van der Waals surface area contributed by atoms with Gasteiger partial charge in [0.2, 0.25) is 0 Å². The summed E-state index contributed by atoms with van der Waals surface area (Å²) < 4.78 is 24.0. The third-order valence-electron chi connectivity index (χ3n) is 2.12. The third-order valence-corrected chi connectivity index (χ3v) is 4.24. The van der Waals surface area contributed by atoms with Gasteiger partial charge in [0, 0.05) is 5.69 Å². The molecule has 0 bridgehead atoms. The smallest absolute Gasteiger partial charge is 0.337 e. The summed E-state index contributed by atoms with van der Waals surface area (Å²) in [6.45, 7) is 3.51. The summed E-state index contributed by atoms with van der Waals surface area (Å²) in [6.07, 6.45) is 0. The van der Waals surface area contributed by atoms with E-state index in [1.807, 2.05) is 0 Å². The van der Waals surface area contributed by atoms with Gasteiger partial charge in [-0.1, -0.05) is 13.8 Å². The summed E-state index contributed by atoms with van der Waals surface area (Å²) in [5, 5.41) is 8.95. The zero-order chi connectivity index (χ0) is 13.2. The van der Waals surface area contributed by atoms with E-state index in [-0.39, 0.29) is 27.8 Å². The molecule has 6 heteroatoms. The second-order valence-corrected chi connectivity index (χ2v) is 6.24. The molecule has 0 radical (unpaired) electrons. The van der Waals surface area contributed by atoms with Gasteiger partial charge in [-0.25, -0.2) is 13.2 Å². The highest BCUT2D eigenvalue weighted by Gasteiger charge is 2.23. The number of benzene rings is 1. The van der Waals surface area contributed by atoms with Crippen molar-refractivity contribution in [3.63, 3.8) is 0 Å². The van der Waals surface area contributed by atoms with Crippen molar-refractivity contribution in [2.75, 3.05) is 11.5 Å². The number of aromatic carboxylic acids is 1. The Morgan fingerprint density at radius 3 is 2.47 bits per heavy atom. The Kier molecular flexibility index (Phi) is 3.77. The van der Waals surface area contributed by atoms with Gasteiger partial charge in [0.1, 0.15) is 0 Å². The zero-order valence-electron chi connectivity index (χ0n) is 9.67. The second-order valence-electron chi connectivity index (χ2n) is 4.24. The van der Waals surface area contributed by atoms with Crippen LogP contribution in [0.4, 0.5) is 5.69 Å². The van der Waals surface area contributed by atoms with Crippen molar-refractivity contribution in [3.8, 4) is 0 Å². The maximum absolute atomic E-state index is 12.0. The van der Waals surface area contributed by atoms with Gasteiger partial charge in [0.15, 0.2) is 9.84 Å². The Morgan fingerprint density at radius 2 is 2.00 bits per heavy atom. The molecule has 17 heavy (non-hydrogen) atoms. The number of hydrogen-bond acceptors (Lipinski definition) is 4. The molecular formula is C11H15NO4S. The van der Waals surface area contributed by atoms with Crippen molar-refractivity contribution >= 4 is 21.5 Å². The van der Waals surface area contributed by atoms with Crippen LogP contribution in [0, 0.1) is 5.92 Å². The zero-order valence-corrected chi connectivity index (χ0v) is 10.5. The lowest BCUT2D eigenvalue weighted by Gasteiger charge is -2.10. The summed E-state index contributed by atoms with van der Waals surface area (Å²) in [5.41, 5.74) is 5.50. The van der Waals surface area contributed by atoms with Gasteiger partial charge in [0.05, 0.1) is 16.2 Å². The number of anilines is 1. The largest absolute Gasteiger partial charge is 0.478 e. The SMILES string of the molecule is CC(C)CS(=O)(=O)c1cc(N)ccc1C(=O)O. The summed E-state index contributed by atoms with van der Waals surface area (Å²) in [7, 11) is -3.62. The van der Waals surface area contributed by atoms with Crippen LogP contribution in [0.5, 0.6) is 0 Å². The van der Waals surface area contributed by atoms with Crippen LogP contribution >= 0.6 is 0 Å². The van der Waals surface area contributed by atoms with Gasteiger partial charge >= 0.3 is 5.97 Å². The molecule has 0 heterocycles. The molecule has 1 aromatic carbocycles. The van der Waals surface area contributed by atoms with Crippen molar-refractivity contribution in [1.82, 2.24) is 0 Å². The van der Waals surface area contributed by atoms with Crippen molar-refractivity contribution in [2.24, 2.45) is 5.92 Å². The van der Waals surface area contributed by atoms with Crippen molar-refractivity contribution < 1.29 is 18.3 Å². The lowest BCUT2D eigenvalue weighted by molar-refractivity contribution is 0.0692. The lowest BCUT2D eigenvalue weighted by atomic mass is 10.2. The first-order valence-electron chi connectivity index (χ1n) is 5.09. The van der Waals surface area contributed by atoms with E-state index in [0.717, 1.165) is 0 Å². The molecule has 0 spiro atoms. The first kappa shape index (κ1) is 13.5. The molecule has 0 fully saturated rings. The van der Waals surface area contributed by atoms with Crippen molar-refractivity contribution in [2.45, 2.75) is 18.7 Å². The van der Waals surface area contributed by atoms with Crippen LogP contribution in [0.25, 0.3) is 0 Å². The van der Waals surface area contributed by atoms with Gasteiger partial charge in [-0.3, -0.25) is 0 Å². The molecule has 0 saturated heterocycles. The minimum atomic E-state index is -3.62. The standard InChI is InChI=1S/C11H15NO4S/c1-7(2)6-17(15,16)10-5-8(12)3-4-9(10)11(13)14/h3-5,7H,6,12H2,1-2H3,(H,13,14). The average Bonchev–Trinajstić information content (AvgIpc) is 2.14. The second kappa shape index (κ2) is 4.75. The molecular weight excluding hydrogens is 242 g/mol. The van der Waals surface area contributed by atoms with Crippen LogP contribution in [0.3, 0.4) is 0 Å². The van der Waals surface area contributed by atoms with Crippen LogP contribution < -0.4 is 5.73 Å². The minimum absolute atomic E-state index is 0.0805. The highest BCUT2D eigenvalue weighted by atomic mass is 32.2. The summed E-state index contributed by atoms with van der Waals surface area (Å²) >= 11 is 0.